The van der Waals surface area contributed by atoms with Crippen LogP contribution in [0, 0.1) is 18.7 Å². The Hall–Kier alpha value is -2.50. The summed E-state index contributed by atoms with van der Waals surface area (Å²) in [6.07, 6.45) is 3.33. The van der Waals surface area contributed by atoms with Crippen LogP contribution in [0.2, 0.25) is 0 Å². The van der Waals surface area contributed by atoms with Crippen molar-refractivity contribution in [2.45, 2.75) is 33.1 Å². The summed E-state index contributed by atoms with van der Waals surface area (Å²) in [7, 11) is 0. The fraction of sp³-hybridized carbons (Fsp3) is 0.389. The zero-order chi connectivity index (χ0) is 16.7. The van der Waals surface area contributed by atoms with E-state index < -0.39 is 0 Å². The van der Waals surface area contributed by atoms with Gasteiger partial charge in [0, 0.05) is 13.0 Å². The van der Waals surface area contributed by atoms with E-state index in [4.69, 9.17) is 0 Å². The van der Waals surface area contributed by atoms with E-state index in [9.17, 15) is 4.39 Å². The van der Waals surface area contributed by atoms with E-state index in [1.165, 1.54) is 25.0 Å². The Morgan fingerprint density at radius 2 is 1.96 bits per heavy atom. The van der Waals surface area contributed by atoms with Gasteiger partial charge in [-0.2, -0.15) is 5.10 Å². The molecule has 1 aromatic carbocycles. The molecule has 3 aromatic rings. The number of hydrogen-bond donors (Lipinski definition) is 1. The second kappa shape index (κ2) is 5.85. The molecule has 0 aliphatic heterocycles. The van der Waals surface area contributed by atoms with Crippen molar-refractivity contribution in [1.29, 1.82) is 0 Å². The van der Waals surface area contributed by atoms with Crippen LogP contribution in [0.15, 0.2) is 24.3 Å². The second-order valence-electron chi connectivity index (χ2n) is 6.34. The van der Waals surface area contributed by atoms with Gasteiger partial charge in [-0.25, -0.2) is 19.0 Å². The molecule has 1 N–H and O–H groups in total. The lowest BCUT2D eigenvalue weighted by atomic mass is 10.2. The molecule has 124 valence electrons. The zero-order valence-corrected chi connectivity index (χ0v) is 13.9. The number of anilines is 1. The topological polar surface area (TPSA) is 55.6 Å². The lowest BCUT2D eigenvalue weighted by molar-refractivity contribution is 0.627. The second-order valence-corrected chi connectivity index (χ2v) is 6.34. The number of halogens is 1. The van der Waals surface area contributed by atoms with Gasteiger partial charge in [0.15, 0.2) is 5.65 Å². The summed E-state index contributed by atoms with van der Waals surface area (Å²) in [6.45, 7) is 4.94. The molecule has 0 atom stereocenters. The first-order chi connectivity index (χ1) is 11.7. The van der Waals surface area contributed by atoms with Crippen LogP contribution in [0.1, 0.15) is 31.3 Å². The predicted octanol–water partition coefficient (Wildman–Crippen LogP) is 3.65. The maximum atomic E-state index is 13.2. The molecule has 0 radical (unpaired) electrons. The third-order valence-electron chi connectivity index (χ3n) is 4.39. The fourth-order valence-electron chi connectivity index (χ4n) is 2.84. The first-order valence-corrected chi connectivity index (χ1v) is 8.41. The van der Waals surface area contributed by atoms with Gasteiger partial charge in [-0.05, 0) is 49.9 Å². The first kappa shape index (κ1) is 15.1. The highest BCUT2D eigenvalue weighted by molar-refractivity contribution is 5.90. The molecular formula is C18H20FN5. The molecule has 1 saturated carbocycles. The molecule has 5 nitrogen and oxygen atoms in total. The molecule has 24 heavy (non-hydrogen) atoms. The third-order valence-corrected chi connectivity index (χ3v) is 4.39. The van der Waals surface area contributed by atoms with Crippen LogP contribution < -0.4 is 5.32 Å². The fourth-order valence-corrected chi connectivity index (χ4v) is 2.84. The number of rotatable bonds is 5. The molecule has 2 aromatic heterocycles. The standard InChI is InChI=1S/C18H20FN5/c1-3-15-21-17(20-10-12-4-5-12)16-11(2)23-24(18(16)22-15)14-8-6-13(19)7-9-14/h6-9,12H,3-5,10H2,1-2H3,(H,20,21,22). The number of hydrogen-bond acceptors (Lipinski definition) is 4. The Balaban J connectivity index is 1.85. The maximum absolute atomic E-state index is 13.2. The molecule has 0 saturated heterocycles. The molecule has 1 aliphatic carbocycles. The van der Waals surface area contributed by atoms with Crippen LogP contribution >= 0.6 is 0 Å². The Kier molecular flexibility index (Phi) is 3.67. The molecule has 6 heteroatoms. The van der Waals surface area contributed by atoms with Crippen molar-refractivity contribution in [1.82, 2.24) is 19.7 Å². The summed E-state index contributed by atoms with van der Waals surface area (Å²) >= 11 is 0. The van der Waals surface area contributed by atoms with Crippen molar-refractivity contribution in [3.05, 3.63) is 41.6 Å². The first-order valence-electron chi connectivity index (χ1n) is 8.41. The Morgan fingerprint density at radius 1 is 1.21 bits per heavy atom. The SMILES string of the molecule is CCc1nc(NCC2CC2)c2c(C)nn(-c3ccc(F)cc3)c2n1. The smallest absolute Gasteiger partial charge is 0.168 e. The molecule has 1 fully saturated rings. The van der Waals surface area contributed by atoms with E-state index in [0.717, 1.165) is 52.9 Å². The molecule has 0 unspecified atom stereocenters. The van der Waals surface area contributed by atoms with Crippen molar-refractivity contribution in [3.8, 4) is 5.69 Å². The quantitative estimate of drug-likeness (QED) is 0.778. The van der Waals surface area contributed by atoms with E-state index >= 15 is 0 Å². The lowest BCUT2D eigenvalue weighted by Gasteiger charge is -2.09. The van der Waals surface area contributed by atoms with E-state index in [2.05, 4.69) is 20.4 Å². The van der Waals surface area contributed by atoms with Crippen molar-refractivity contribution in [2.75, 3.05) is 11.9 Å². The van der Waals surface area contributed by atoms with Gasteiger partial charge in [0.25, 0.3) is 0 Å². The summed E-state index contributed by atoms with van der Waals surface area (Å²) in [5.74, 6) is 2.13. The number of aromatic nitrogens is 4. The van der Waals surface area contributed by atoms with Gasteiger partial charge in [-0.1, -0.05) is 6.92 Å². The third kappa shape index (κ3) is 2.72. The van der Waals surface area contributed by atoms with Crippen LogP contribution in [0.5, 0.6) is 0 Å². The highest BCUT2D eigenvalue weighted by atomic mass is 19.1. The van der Waals surface area contributed by atoms with Gasteiger partial charge in [0.05, 0.1) is 16.8 Å². The monoisotopic (exact) mass is 325 g/mol. The molecular weight excluding hydrogens is 305 g/mol. The Bertz CT molecular complexity index is 881. The molecule has 0 spiro atoms. The Morgan fingerprint density at radius 3 is 2.62 bits per heavy atom. The molecule has 0 amide bonds. The summed E-state index contributed by atoms with van der Waals surface area (Å²) in [4.78, 5) is 9.34. The minimum Gasteiger partial charge on any atom is -0.369 e. The zero-order valence-electron chi connectivity index (χ0n) is 13.9. The van der Waals surface area contributed by atoms with Crippen molar-refractivity contribution in [2.24, 2.45) is 5.92 Å². The highest BCUT2D eigenvalue weighted by Gasteiger charge is 2.23. The van der Waals surface area contributed by atoms with Crippen LogP contribution in [-0.4, -0.2) is 26.3 Å². The van der Waals surface area contributed by atoms with Gasteiger partial charge in [0.1, 0.15) is 17.5 Å². The van der Waals surface area contributed by atoms with E-state index in [0.29, 0.717) is 0 Å². The van der Waals surface area contributed by atoms with Gasteiger partial charge in [-0.15, -0.1) is 0 Å². The van der Waals surface area contributed by atoms with Crippen LogP contribution in [-0.2, 0) is 6.42 Å². The summed E-state index contributed by atoms with van der Waals surface area (Å²) in [6, 6.07) is 6.30. The minimum atomic E-state index is -0.261. The molecule has 2 heterocycles. The number of nitrogens with zero attached hydrogens (tertiary/aromatic N) is 4. The van der Waals surface area contributed by atoms with Gasteiger partial charge >= 0.3 is 0 Å². The minimum absolute atomic E-state index is 0.261. The average molecular weight is 325 g/mol. The van der Waals surface area contributed by atoms with Crippen LogP contribution in [0.4, 0.5) is 10.2 Å². The Labute approximate surface area is 139 Å². The van der Waals surface area contributed by atoms with E-state index in [1.54, 1.807) is 16.8 Å². The number of fused-ring (bicyclic) bond motifs is 1. The van der Waals surface area contributed by atoms with Crippen molar-refractivity contribution < 1.29 is 4.39 Å². The normalized spacial score (nSPS) is 14.3. The maximum Gasteiger partial charge on any atom is 0.168 e. The van der Waals surface area contributed by atoms with Crippen molar-refractivity contribution in [3.63, 3.8) is 0 Å². The number of aryl methyl sites for hydroxylation is 2. The number of benzene rings is 1. The van der Waals surface area contributed by atoms with Gasteiger partial charge in [0.2, 0.25) is 0 Å². The predicted molar refractivity (Wildman–Crippen MR) is 91.9 cm³/mol. The summed E-state index contributed by atoms with van der Waals surface area (Å²) in [5, 5.41) is 9.04. The van der Waals surface area contributed by atoms with Crippen LogP contribution in [0.3, 0.4) is 0 Å². The molecule has 0 bridgehead atoms. The largest absolute Gasteiger partial charge is 0.369 e. The van der Waals surface area contributed by atoms with Crippen LogP contribution in [0.25, 0.3) is 16.7 Å². The summed E-state index contributed by atoms with van der Waals surface area (Å²) < 4.78 is 15.0. The molecule has 4 rings (SSSR count). The van der Waals surface area contributed by atoms with E-state index in [-0.39, 0.29) is 5.82 Å². The van der Waals surface area contributed by atoms with Gasteiger partial charge < -0.3 is 5.32 Å². The van der Waals surface area contributed by atoms with E-state index in [1.807, 2.05) is 13.8 Å². The molecule has 1 aliphatic rings. The van der Waals surface area contributed by atoms with Crippen molar-refractivity contribution >= 4 is 16.9 Å². The highest BCUT2D eigenvalue weighted by Crippen LogP contribution is 2.31. The summed E-state index contributed by atoms with van der Waals surface area (Å²) in [5.41, 5.74) is 2.43. The number of nitrogens with one attached hydrogen (secondary N) is 1. The van der Waals surface area contributed by atoms with Gasteiger partial charge in [-0.3, -0.25) is 0 Å². The lowest BCUT2D eigenvalue weighted by Crippen LogP contribution is -2.08. The average Bonchev–Trinajstić information content (AvgIpc) is 3.36.